The van der Waals surface area contributed by atoms with E-state index in [4.69, 9.17) is 11.6 Å². The second kappa shape index (κ2) is 6.02. The van der Waals surface area contributed by atoms with Gasteiger partial charge in [-0.05, 0) is 43.4 Å². The van der Waals surface area contributed by atoms with Crippen LogP contribution in [0.2, 0.25) is 5.02 Å². The first kappa shape index (κ1) is 14.8. The van der Waals surface area contributed by atoms with E-state index in [1.54, 1.807) is 11.8 Å². The Morgan fingerprint density at radius 1 is 1.17 bits per heavy atom. The van der Waals surface area contributed by atoms with Gasteiger partial charge in [0.2, 0.25) is 5.78 Å². The summed E-state index contributed by atoms with van der Waals surface area (Å²) in [5.41, 5.74) is 3.11. The fourth-order valence-corrected chi connectivity index (χ4v) is 4.01. The average Bonchev–Trinajstić information content (AvgIpc) is 2.98. The van der Waals surface area contributed by atoms with Gasteiger partial charge in [0.1, 0.15) is 0 Å². The number of thioether (sulfide) groups is 1. The summed E-state index contributed by atoms with van der Waals surface area (Å²) < 4.78 is 2.01. The summed E-state index contributed by atoms with van der Waals surface area (Å²) in [6, 6.07) is 7.79. The number of rotatable bonds is 3. The summed E-state index contributed by atoms with van der Waals surface area (Å²) in [7, 11) is 0. The Morgan fingerprint density at radius 3 is 2.78 bits per heavy atom. The van der Waals surface area contributed by atoms with Crippen molar-refractivity contribution >= 4 is 29.1 Å². The van der Waals surface area contributed by atoms with Crippen molar-refractivity contribution in [1.29, 1.82) is 0 Å². The normalized spacial score (nSPS) is 14.1. The zero-order chi connectivity index (χ0) is 15.8. The van der Waals surface area contributed by atoms with Crippen molar-refractivity contribution in [1.82, 2.24) is 19.6 Å². The van der Waals surface area contributed by atoms with Crippen LogP contribution in [0.25, 0.3) is 5.78 Å². The zero-order valence-electron chi connectivity index (χ0n) is 12.4. The number of fused-ring (bicyclic) bond motifs is 3. The van der Waals surface area contributed by atoms with Gasteiger partial charge < -0.3 is 0 Å². The van der Waals surface area contributed by atoms with Crippen LogP contribution < -0.4 is 5.56 Å². The number of nitrogens with zero attached hydrogens (tertiary/aromatic N) is 3. The Kier molecular flexibility index (Phi) is 3.87. The Balaban J connectivity index is 1.70. The molecule has 4 rings (SSSR count). The number of hydrogen-bond acceptors (Lipinski definition) is 4. The molecule has 0 aliphatic heterocycles. The van der Waals surface area contributed by atoms with Gasteiger partial charge in [-0.25, -0.2) is 0 Å². The molecule has 0 amide bonds. The van der Waals surface area contributed by atoms with Crippen LogP contribution in [0.1, 0.15) is 29.7 Å². The third-order valence-electron chi connectivity index (χ3n) is 4.12. The maximum absolute atomic E-state index is 12.1. The van der Waals surface area contributed by atoms with Gasteiger partial charge >= 0.3 is 0 Å². The van der Waals surface area contributed by atoms with Crippen molar-refractivity contribution in [2.45, 2.75) is 36.6 Å². The van der Waals surface area contributed by atoms with E-state index < -0.39 is 0 Å². The van der Waals surface area contributed by atoms with Gasteiger partial charge in [-0.3, -0.25) is 14.2 Å². The molecule has 0 bridgehead atoms. The Labute approximate surface area is 142 Å². The van der Waals surface area contributed by atoms with Gasteiger partial charge in [-0.1, -0.05) is 35.5 Å². The van der Waals surface area contributed by atoms with Crippen LogP contribution in [0.15, 0.2) is 34.2 Å². The van der Waals surface area contributed by atoms with Crippen molar-refractivity contribution in [2.75, 3.05) is 0 Å². The van der Waals surface area contributed by atoms with E-state index in [0.29, 0.717) is 5.78 Å². The average molecular weight is 347 g/mol. The molecule has 0 fully saturated rings. The lowest BCUT2D eigenvalue weighted by atomic mass is 9.97. The second-order valence-corrected chi connectivity index (χ2v) is 7.02. The molecule has 2 aromatic heterocycles. The number of hydrogen-bond donors (Lipinski definition) is 1. The molecular weight excluding hydrogens is 332 g/mol. The minimum Gasteiger partial charge on any atom is -0.290 e. The second-order valence-electron chi connectivity index (χ2n) is 5.64. The topological polar surface area (TPSA) is 63.0 Å². The summed E-state index contributed by atoms with van der Waals surface area (Å²) in [4.78, 5) is 15.0. The number of halogens is 1. The highest BCUT2D eigenvalue weighted by molar-refractivity contribution is 7.98. The van der Waals surface area contributed by atoms with Crippen LogP contribution in [0.4, 0.5) is 0 Å². The first-order chi connectivity index (χ1) is 11.2. The Hall–Kier alpha value is -1.79. The SMILES string of the molecule is O=c1[nH]c2nnc(SCc3ccc(Cl)cc3)n2c2c1CCCC2. The summed E-state index contributed by atoms with van der Waals surface area (Å²) >= 11 is 7.54. The summed E-state index contributed by atoms with van der Waals surface area (Å²) in [5, 5.41) is 9.94. The van der Waals surface area contributed by atoms with E-state index in [1.165, 1.54) is 5.56 Å². The zero-order valence-corrected chi connectivity index (χ0v) is 14.0. The van der Waals surface area contributed by atoms with E-state index in [1.807, 2.05) is 28.7 Å². The van der Waals surface area contributed by atoms with Gasteiger partial charge in [0.05, 0.1) is 0 Å². The minimum atomic E-state index is -0.0196. The lowest BCUT2D eigenvalue weighted by Gasteiger charge is -2.16. The number of nitrogens with one attached hydrogen (secondary N) is 1. The van der Waals surface area contributed by atoms with E-state index in [-0.39, 0.29) is 5.56 Å². The van der Waals surface area contributed by atoms with Crippen LogP contribution in [0.5, 0.6) is 0 Å². The van der Waals surface area contributed by atoms with Gasteiger partial charge in [0.15, 0.2) is 5.16 Å². The van der Waals surface area contributed by atoms with Gasteiger partial charge in [0.25, 0.3) is 5.56 Å². The van der Waals surface area contributed by atoms with Crippen molar-refractivity contribution in [2.24, 2.45) is 0 Å². The fraction of sp³-hybridized carbons (Fsp3) is 0.312. The fourth-order valence-electron chi connectivity index (χ4n) is 2.97. The summed E-state index contributed by atoms with van der Waals surface area (Å²) in [5.74, 6) is 1.32. The predicted molar refractivity (Wildman–Crippen MR) is 91.3 cm³/mol. The molecule has 0 saturated carbocycles. The molecule has 1 aliphatic rings. The molecule has 0 atom stereocenters. The molecule has 1 N–H and O–H groups in total. The van der Waals surface area contributed by atoms with Crippen molar-refractivity contribution in [3.8, 4) is 0 Å². The monoisotopic (exact) mass is 346 g/mol. The highest BCUT2D eigenvalue weighted by atomic mass is 35.5. The smallest absolute Gasteiger partial charge is 0.255 e. The maximum atomic E-state index is 12.1. The third kappa shape index (κ3) is 2.77. The van der Waals surface area contributed by atoms with Crippen LogP contribution >= 0.6 is 23.4 Å². The van der Waals surface area contributed by atoms with Crippen LogP contribution in [-0.2, 0) is 18.6 Å². The molecule has 0 radical (unpaired) electrons. The number of H-pyrrole nitrogens is 1. The third-order valence-corrected chi connectivity index (χ3v) is 5.37. The molecule has 23 heavy (non-hydrogen) atoms. The van der Waals surface area contributed by atoms with E-state index in [0.717, 1.165) is 52.9 Å². The van der Waals surface area contributed by atoms with Gasteiger partial charge in [0, 0.05) is 22.0 Å². The van der Waals surface area contributed by atoms with E-state index in [2.05, 4.69) is 15.2 Å². The molecule has 2 heterocycles. The molecule has 3 aromatic rings. The largest absolute Gasteiger partial charge is 0.290 e. The summed E-state index contributed by atoms with van der Waals surface area (Å²) in [6.07, 6.45) is 3.91. The lowest BCUT2D eigenvalue weighted by Crippen LogP contribution is -2.22. The van der Waals surface area contributed by atoms with Crippen molar-refractivity contribution in [3.05, 3.63) is 56.5 Å². The number of aromatic nitrogens is 4. The first-order valence-electron chi connectivity index (χ1n) is 7.59. The van der Waals surface area contributed by atoms with Crippen molar-refractivity contribution in [3.63, 3.8) is 0 Å². The molecule has 118 valence electrons. The van der Waals surface area contributed by atoms with Crippen molar-refractivity contribution < 1.29 is 0 Å². The van der Waals surface area contributed by atoms with E-state index >= 15 is 0 Å². The number of benzene rings is 1. The van der Waals surface area contributed by atoms with Crippen LogP contribution in [0.3, 0.4) is 0 Å². The van der Waals surface area contributed by atoms with Gasteiger partial charge in [-0.2, -0.15) is 0 Å². The highest BCUT2D eigenvalue weighted by Gasteiger charge is 2.20. The highest BCUT2D eigenvalue weighted by Crippen LogP contribution is 2.26. The standard InChI is InChI=1S/C16H15ClN4OS/c17-11-7-5-10(6-8-11)9-23-16-20-19-15-18-14(22)12-3-1-2-4-13(12)21(15)16/h5-8H,1-4,9H2,(H,18,19,22). The van der Waals surface area contributed by atoms with Crippen LogP contribution in [-0.4, -0.2) is 19.6 Å². The molecule has 7 heteroatoms. The number of aromatic amines is 1. The molecule has 1 aromatic carbocycles. The molecular formula is C16H15ClN4OS. The minimum absolute atomic E-state index is 0.0196. The predicted octanol–water partition coefficient (Wildman–Crippen LogP) is 3.24. The number of aryl methyl sites for hydroxylation is 1. The van der Waals surface area contributed by atoms with Gasteiger partial charge in [-0.15, -0.1) is 10.2 Å². The molecule has 0 saturated heterocycles. The first-order valence-corrected chi connectivity index (χ1v) is 8.95. The molecule has 5 nitrogen and oxygen atoms in total. The molecule has 1 aliphatic carbocycles. The van der Waals surface area contributed by atoms with E-state index in [9.17, 15) is 4.79 Å². The summed E-state index contributed by atoms with van der Waals surface area (Å²) in [6.45, 7) is 0. The molecule has 0 unspecified atom stereocenters. The van der Waals surface area contributed by atoms with Crippen LogP contribution in [0, 0.1) is 0 Å². The Morgan fingerprint density at radius 2 is 1.96 bits per heavy atom. The molecule has 0 spiro atoms. The maximum Gasteiger partial charge on any atom is 0.255 e. The quantitative estimate of drug-likeness (QED) is 0.739. The lowest BCUT2D eigenvalue weighted by molar-refractivity contribution is 0.639. The Bertz CT molecular complexity index is 916.